The van der Waals surface area contributed by atoms with Crippen LogP contribution in [0.4, 0.5) is 4.39 Å². The van der Waals surface area contributed by atoms with Gasteiger partial charge in [-0.1, -0.05) is 6.07 Å². The van der Waals surface area contributed by atoms with Crippen molar-refractivity contribution in [3.05, 3.63) is 60.0 Å². The molecule has 25 heavy (non-hydrogen) atoms. The Bertz CT molecular complexity index is 884. The molecule has 0 saturated carbocycles. The molecule has 0 atom stereocenters. The van der Waals surface area contributed by atoms with E-state index < -0.39 is 5.82 Å². The van der Waals surface area contributed by atoms with E-state index in [1.54, 1.807) is 37.6 Å². The minimum absolute atomic E-state index is 0.229. The molecule has 0 aliphatic heterocycles. The number of halogens is 1. The number of pyridine rings is 2. The summed E-state index contributed by atoms with van der Waals surface area (Å²) in [6, 6.07) is 11.3. The van der Waals surface area contributed by atoms with Crippen LogP contribution in [0.3, 0.4) is 0 Å². The van der Waals surface area contributed by atoms with Crippen LogP contribution >= 0.6 is 0 Å². The Morgan fingerprint density at radius 3 is 2.84 bits per heavy atom. The summed E-state index contributed by atoms with van der Waals surface area (Å²) < 4.78 is 18.6. The highest BCUT2D eigenvalue weighted by atomic mass is 19.1. The Balaban J connectivity index is 2.01. The van der Waals surface area contributed by atoms with Gasteiger partial charge in [-0.25, -0.2) is 9.37 Å². The van der Waals surface area contributed by atoms with Gasteiger partial charge in [-0.3, -0.25) is 9.78 Å². The second-order valence-electron chi connectivity index (χ2n) is 5.53. The lowest BCUT2D eigenvalue weighted by Gasteiger charge is -2.10. The average Bonchev–Trinajstić information content (AvgIpc) is 2.64. The number of benzene rings is 1. The molecule has 3 aromatic rings. The molecular formula is C19H18FN3O2. The molecular weight excluding hydrogens is 321 g/mol. The number of hydrogen-bond donors (Lipinski definition) is 1. The van der Waals surface area contributed by atoms with Gasteiger partial charge in [-0.2, -0.15) is 0 Å². The lowest BCUT2D eigenvalue weighted by Crippen LogP contribution is -2.25. The van der Waals surface area contributed by atoms with Gasteiger partial charge in [0.2, 0.25) is 0 Å². The van der Waals surface area contributed by atoms with Crippen molar-refractivity contribution in [2.45, 2.75) is 6.42 Å². The molecule has 1 aromatic carbocycles. The van der Waals surface area contributed by atoms with Crippen molar-refractivity contribution >= 4 is 16.8 Å². The van der Waals surface area contributed by atoms with E-state index in [1.165, 1.54) is 12.1 Å². The Hall–Kier alpha value is -2.86. The molecule has 0 saturated heterocycles. The lowest BCUT2D eigenvalue weighted by atomic mass is 10.1. The van der Waals surface area contributed by atoms with Crippen molar-refractivity contribution in [3.8, 4) is 11.4 Å². The number of aromatic nitrogens is 2. The Morgan fingerprint density at radius 2 is 2.08 bits per heavy atom. The predicted molar refractivity (Wildman–Crippen MR) is 93.8 cm³/mol. The van der Waals surface area contributed by atoms with Crippen LogP contribution < -0.4 is 5.32 Å². The molecule has 5 nitrogen and oxygen atoms in total. The fourth-order valence-corrected chi connectivity index (χ4v) is 2.55. The number of amides is 1. The average molecular weight is 339 g/mol. The number of carbonyl (C=O) groups excluding carboxylic acids is 1. The Labute approximate surface area is 144 Å². The summed E-state index contributed by atoms with van der Waals surface area (Å²) in [5.74, 6) is -0.628. The summed E-state index contributed by atoms with van der Waals surface area (Å²) >= 11 is 0. The van der Waals surface area contributed by atoms with E-state index in [2.05, 4.69) is 15.3 Å². The minimum atomic E-state index is -0.398. The van der Waals surface area contributed by atoms with Gasteiger partial charge in [0.1, 0.15) is 5.82 Å². The van der Waals surface area contributed by atoms with Gasteiger partial charge in [0.15, 0.2) is 0 Å². The summed E-state index contributed by atoms with van der Waals surface area (Å²) in [5.41, 5.74) is 2.02. The number of methoxy groups -OCH3 is 1. The van der Waals surface area contributed by atoms with Crippen LogP contribution in [0.2, 0.25) is 0 Å². The van der Waals surface area contributed by atoms with Gasteiger partial charge in [0.25, 0.3) is 5.91 Å². The van der Waals surface area contributed by atoms with Crippen LogP contribution in [-0.4, -0.2) is 36.1 Å². The predicted octanol–water partition coefficient (Wildman–Crippen LogP) is 3.20. The fraction of sp³-hybridized carbons (Fsp3) is 0.211. The largest absolute Gasteiger partial charge is 0.385 e. The van der Waals surface area contributed by atoms with Crippen LogP contribution in [0.15, 0.2) is 48.7 Å². The monoisotopic (exact) mass is 339 g/mol. The minimum Gasteiger partial charge on any atom is -0.385 e. The highest BCUT2D eigenvalue weighted by molar-refractivity contribution is 6.07. The molecule has 6 heteroatoms. The first-order valence-electron chi connectivity index (χ1n) is 7.98. The van der Waals surface area contributed by atoms with Crippen LogP contribution in [-0.2, 0) is 4.74 Å². The summed E-state index contributed by atoms with van der Waals surface area (Å²) in [6.45, 7) is 1.07. The number of ether oxygens (including phenoxy) is 1. The van der Waals surface area contributed by atoms with E-state index in [0.717, 1.165) is 0 Å². The van der Waals surface area contributed by atoms with Crippen LogP contribution in [0.5, 0.6) is 0 Å². The molecule has 2 aromatic heterocycles. The SMILES string of the molecule is COCCCNC(=O)c1cc(-c2ccccn2)nc2cc(F)ccc12. The van der Waals surface area contributed by atoms with Crippen LogP contribution in [0.1, 0.15) is 16.8 Å². The first-order chi connectivity index (χ1) is 12.2. The molecule has 1 N–H and O–H groups in total. The number of rotatable bonds is 6. The van der Waals surface area contributed by atoms with E-state index in [4.69, 9.17) is 4.74 Å². The number of nitrogens with one attached hydrogen (secondary N) is 1. The fourth-order valence-electron chi connectivity index (χ4n) is 2.55. The highest BCUT2D eigenvalue weighted by Crippen LogP contribution is 2.24. The van der Waals surface area contributed by atoms with Gasteiger partial charge in [-0.05, 0) is 36.8 Å². The molecule has 3 rings (SSSR count). The van der Waals surface area contributed by atoms with E-state index in [9.17, 15) is 9.18 Å². The molecule has 1 amide bonds. The molecule has 0 aliphatic carbocycles. The smallest absolute Gasteiger partial charge is 0.252 e. The third kappa shape index (κ3) is 3.97. The van der Waals surface area contributed by atoms with E-state index in [-0.39, 0.29) is 5.91 Å². The Morgan fingerprint density at radius 1 is 1.20 bits per heavy atom. The van der Waals surface area contributed by atoms with Gasteiger partial charge in [0, 0.05) is 37.9 Å². The number of nitrogens with zero attached hydrogens (tertiary/aromatic N) is 2. The molecule has 0 fully saturated rings. The van der Waals surface area contributed by atoms with Crippen molar-refractivity contribution in [2.24, 2.45) is 0 Å². The molecule has 0 unspecified atom stereocenters. The first kappa shape index (κ1) is 17.0. The van der Waals surface area contributed by atoms with Crippen molar-refractivity contribution in [3.63, 3.8) is 0 Å². The number of hydrogen-bond acceptors (Lipinski definition) is 4. The zero-order valence-electron chi connectivity index (χ0n) is 13.8. The first-order valence-corrected chi connectivity index (χ1v) is 7.98. The van der Waals surface area contributed by atoms with Gasteiger partial charge in [0.05, 0.1) is 22.5 Å². The molecule has 2 heterocycles. The number of carbonyl (C=O) groups is 1. The normalized spacial score (nSPS) is 10.8. The quantitative estimate of drug-likeness (QED) is 0.701. The van der Waals surface area contributed by atoms with E-state index in [0.29, 0.717) is 47.4 Å². The lowest BCUT2D eigenvalue weighted by molar-refractivity contribution is 0.0950. The van der Waals surface area contributed by atoms with Crippen molar-refractivity contribution in [2.75, 3.05) is 20.3 Å². The van der Waals surface area contributed by atoms with E-state index >= 15 is 0 Å². The molecule has 0 aliphatic rings. The standard InChI is InChI=1S/C19H18FN3O2/c1-25-10-4-9-22-19(24)15-12-18(16-5-2-3-8-21-16)23-17-11-13(20)6-7-14(15)17/h2-3,5-8,11-12H,4,9-10H2,1H3,(H,22,24). The zero-order valence-corrected chi connectivity index (χ0v) is 13.8. The summed E-state index contributed by atoms with van der Waals surface area (Å²) in [6.07, 6.45) is 2.37. The summed E-state index contributed by atoms with van der Waals surface area (Å²) in [7, 11) is 1.62. The third-order valence-electron chi connectivity index (χ3n) is 3.75. The Kier molecular flexibility index (Phi) is 5.30. The van der Waals surface area contributed by atoms with E-state index in [1.807, 2.05) is 6.07 Å². The molecule has 0 spiro atoms. The molecule has 0 radical (unpaired) electrons. The van der Waals surface area contributed by atoms with Crippen LogP contribution in [0.25, 0.3) is 22.3 Å². The second-order valence-corrected chi connectivity index (χ2v) is 5.53. The molecule has 128 valence electrons. The van der Waals surface area contributed by atoms with Crippen molar-refractivity contribution in [1.29, 1.82) is 0 Å². The maximum Gasteiger partial charge on any atom is 0.252 e. The topological polar surface area (TPSA) is 64.1 Å². The van der Waals surface area contributed by atoms with Gasteiger partial charge < -0.3 is 10.1 Å². The highest BCUT2D eigenvalue weighted by Gasteiger charge is 2.14. The molecule has 0 bridgehead atoms. The van der Waals surface area contributed by atoms with Gasteiger partial charge >= 0.3 is 0 Å². The van der Waals surface area contributed by atoms with Crippen LogP contribution in [0, 0.1) is 5.82 Å². The van der Waals surface area contributed by atoms with Crippen molar-refractivity contribution < 1.29 is 13.9 Å². The summed E-state index contributed by atoms with van der Waals surface area (Å²) in [4.78, 5) is 21.3. The third-order valence-corrected chi connectivity index (χ3v) is 3.75. The van der Waals surface area contributed by atoms with Crippen molar-refractivity contribution in [1.82, 2.24) is 15.3 Å². The zero-order chi connectivity index (χ0) is 17.6. The number of fused-ring (bicyclic) bond motifs is 1. The maximum absolute atomic E-state index is 13.6. The summed E-state index contributed by atoms with van der Waals surface area (Å²) in [5, 5.41) is 3.46. The van der Waals surface area contributed by atoms with Gasteiger partial charge in [-0.15, -0.1) is 0 Å². The maximum atomic E-state index is 13.6. The second kappa shape index (κ2) is 7.81.